The van der Waals surface area contributed by atoms with Gasteiger partial charge in [-0.3, -0.25) is 4.79 Å². The highest BCUT2D eigenvalue weighted by Crippen LogP contribution is 2.13. The summed E-state index contributed by atoms with van der Waals surface area (Å²) in [5.74, 6) is 0.517. The Balaban J connectivity index is 2.62. The van der Waals surface area contributed by atoms with Crippen molar-refractivity contribution in [3.8, 4) is 5.75 Å². The van der Waals surface area contributed by atoms with Crippen molar-refractivity contribution in [1.29, 1.82) is 0 Å². The van der Waals surface area contributed by atoms with Crippen LogP contribution in [0, 0.1) is 0 Å². The van der Waals surface area contributed by atoms with Crippen molar-refractivity contribution in [2.24, 2.45) is 0 Å². The van der Waals surface area contributed by atoms with Crippen LogP contribution in [0.25, 0.3) is 0 Å². The standard InChI is InChI=1S/C16H23NO3/c1-12(2)8-10-20-15-6-4-5-14(11-15)16(19)17-13(3)7-9-18/h4-6,8,11,13,18H,7,9-10H2,1-3H3,(H,17,19). The number of hydrogen-bond acceptors (Lipinski definition) is 3. The van der Waals surface area contributed by atoms with Gasteiger partial charge in [-0.25, -0.2) is 0 Å². The second-order valence-corrected chi connectivity index (χ2v) is 5.01. The maximum absolute atomic E-state index is 12.0. The van der Waals surface area contributed by atoms with Gasteiger partial charge in [0.05, 0.1) is 0 Å². The first-order chi connectivity index (χ1) is 9.52. The lowest BCUT2D eigenvalue weighted by atomic mass is 10.1. The summed E-state index contributed by atoms with van der Waals surface area (Å²) in [7, 11) is 0. The van der Waals surface area contributed by atoms with Crippen molar-refractivity contribution in [2.45, 2.75) is 33.2 Å². The van der Waals surface area contributed by atoms with Gasteiger partial charge in [-0.2, -0.15) is 0 Å². The molecule has 4 heteroatoms. The van der Waals surface area contributed by atoms with Gasteiger partial charge in [0.15, 0.2) is 0 Å². The van der Waals surface area contributed by atoms with Crippen molar-refractivity contribution in [3.05, 3.63) is 41.5 Å². The smallest absolute Gasteiger partial charge is 0.251 e. The van der Waals surface area contributed by atoms with Gasteiger partial charge < -0.3 is 15.2 Å². The van der Waals surface area contributed by atoms with E-state index in [1.807, 2.05) is 32.9 Å². The lowest BCUT2D eigenvalue weighted by molar-refractivity contribution is 0.0934. The molecule has 0 aliphatic heterocycles. The number of aliphatic hydroxyl groups is 1. The molecule has 0 spiro atoms. The number of ether oxygens (including phenoxy) is 1. The number of aliphatic hydroxyl groups excluding tert-OH is 1. The molecule has 0 fully saturated rings. The topological polar surface area (TPSA) is 58.6 Å². The zero-order valence-corrected chi connectivity index (χ0v) is 12.3. The fourth-order valence-corrected chi connectivity index (χ4v) is 1.60. The quantitative estimate of drug-likeness (QED) is 0.753. The first-order valence-electron chi connectivity index (χ1n) is 6.81. The van der Waals surface area contributed by atoms with E-state index in [4.69, 9.17) is 9.84 Å². The number of hydrogen-bond donors (Lipinski definition) is 2. The first kappa shape index (κ1) is 16.2. The maximum Gasteiger partial charge on any atom is 0.251 e. The lowest BCUT2D eigenvalue weighted by Crippen LogP contribution is -2.33. The van der Waals surface area contributed by atoms with E-state index in [1.54, 1.807) is 18.2 Å². The monoisotopic (exact) mass is 277 g/mol. The zero-order chi connectivity index (χ0) is 15.0. The number of rotatable bonds is 7. The van der Waals surface area contributed by atoms with Crippen LogP contribution in [0.4, 0.5) is 0 Å². The highest BCUT2D eigenvalue weighted by atomic mass is 16.5. The summed E-state index contributed by atoms with van der Waals surface area (Å²) in [6.07, 6.45) is 2.53. The molecule has 2 N–H and O–H groups in total. The molecule has 0 radical (unpaired) electrons. The third-order valence-electron chi connectivity index (χ3n) is 2.78. The summed E-state index contributed by atoms with van der Waals surface area (Å²) in [6, 6.07) is 7.04. The first-order valence-corrected chi connectivity index (χ1v) is 6.81. The minimum absolute atomic E-state index is 0.0530. The second kappa shape index (κ2) is 8.38. The van der Waals surface area contributed by atoms with Crippen LogP contribution in [0.3, 0.4) is 0 Å². The summed E-state index contributed by atoms with van der Waals surface area (Å²) in [6.45, 7) is 6.44. The van der Waals surface area contributed by atoms with Gasteiger partial charge in [-0.1, -0.05) is 11.6 Å². The molecule has 0 saturated carbocycles. The Kier molecular flexibility index (Phi) is 6.81. The van der Waals surface area contributed by atoms with Crippen LogP contribution >= 0.6 is 0 Å². The average molecular weight is 277 g/mol. The molecule has 0 aliphatic rings. The predicted octanol–water partition coefficient (Wildman–Crippen LogP) is 2.53. The highest BCUT2D eigenvalue weighted by molar-refractivity contribution is 5.94. The lowest BCUT2D eigenvalue weighted by Gasteiger charge is -2.13. The molecule has 1 atom stereocenters. The van der Waals surface area contributed by atoms with Crippen LogP contribution in [-0.2, 0) is 0 Å². The zero-order valence-electron chi connectivity index (χ0n) is 12.3. The van der Waals surface area contributed by atoms with E-state index >= 15 is 0 Å². The summed E-state index contributed by atoms with van der Waals surface area (Å²) < 4.78 is 5.56. The molecule has 1 aromatic rings. The van der Waals surface area contributed by atoms with Gasteiger partial charge in [-0.15, -0.1) is 0 Å². The summed E-state index contributed by atoms with van der Waals surface area (Å²) in [5, 5.41) is 11.7. The average Bonchev–Trinajstić information content (AvgIpc) is 2.39. The number of allylic oxidation sites excluding steroid dienone is 1. The molecule has 0 heterocycles. The highest BCUT2D eigenvalue weighted by Gasteiger charge is 2.10. The van der Waals surface area contributed by atoms with E-state index in [1.165, 1.54) is 5.57 Å². The van der Waals surface area contributed by atoms with Crippen LogP contribution in [0.15, 0.2) is 35.9 Å². The van der Waals surface area contributed by atoms with Crippen molar-refractivity contribution >= 4 is 5.91 Å². The molecule has 1 amide bonds. The van der Waals surface area contributed by atoms with Gasteiger partial charge in [0.25, 0.3) is 5.91 Å². The molecule has 0 saturated heterocycles. The van der Waals surface area contributed by atoms with Gasteiger partial charge in [0, 0.05) is 18.2 Å². The minimum atomic E-state index is -0.154. The van der Waals surface area contributed by atoms with Crippen molar-refractivity contribution in [1.82, 2.24) is 5.32 Å². The van der Waals surface area contributed by atoms with E-state index < -0.39 is 0 Å². The third kappa shape index (κ3) is 5.89. The fraction of sp³-hybridized carbons (Fsp3) is 0.438. The molecule has 1 aromatic carbocycles. The van der Waals surface area contributed by atoms with Gasteiger partial charge in [-0.05, 0) is 51.5 Å². The van der Waals surface area contributed by atoms with Crippen LogP contribution in [0.2, 0.25) is 0 Å². The molecule has 20 heavy (non-hydrogen) atoms. The summed E-state index contributed by atoms with van der Waals surface area (Å²) in [4.78, 5) is 12.0. The van der Waals surface area contributed by atoms with Crippen LogP contribution in [0.5, 0.6) is 5.75 Å². The van der Waals surface area contributed by atoms with E-state index in [-0.39, 0.29) is 18.6 Å². The molecule has 4 nitrogen and oxygen atoms in total. The van der Waals surface area contributed by atoms with Crippen molar-refractivity contribution < 1.29 is 14.6 Å². The second-order valence-electron chi connectivity index (χ2n) is 5.01. The number of benzene rings is 1. The van der Waals surface area contributed by atoms with E-state index in [2.05, 4.69) is 5.32 Å². The predicted molar refractivity (Wildman–Crippen MR) is 80.0 cm³/mol. The summed E-state index contributed by atoms with van der Waals surface area (Å²) in [5.41, 5.74) is 1.75. The Morgan fingerprint density at radius 1 is 1.45 bits per heavy atom. The Morgan fingerprint density at radius 3 is 2.85 bits per heavy atom. The normalized spacial score (nSPS) is 11.6. The van der Waals surface area contributed by atoms with Crippen molar-refractivity contribution in [3.63, 3.8) is 0 Å². The van der Waals surface area contributed by atoms with E-state index in [0.717, 1.165) is 0 Å². The molecule has 0 bridgehead atoms. The Hall–Kier alpha value is -1.81. The van der Waals surface area contributed by atoms with E-state index in [9.17, 15) is 4.79 Å². The number of nitrogens with one attached hydrogen (secondary N) is 1. The van der Waals surface area contributed by atoms with Gasteiger partial charge in [0.1, 0.15) is 12.4 Å². The summed E-state index contributed by atoms with van der Waals surface area (Å²) >= 11 is 0. The minimum Gasteiger partial charge on any atom is -0.490 e. The molecule has 1 unspecified atom stereocenters. The van der Waals surface area contributed by atoms with Crippen LogP contribution in [0.1, 0.15) is 37.6 Å². The fourth-order valence-electron chi connectivity index (χ4n) is 1.60. The number of amides is 1. The molecule has 0 aromatic heterocycles. The molecular formula is C16H23NO3. The molecule has 1 rings (SSSR count). The number of carbonyl (C=O) groups is 1. The molecule has 0 aliphatic carbocycles. The molecular weight excluding hydrogens is 254 g/mol. The third-order valence-corrected chi connectivity index (χ3v) is 2.78. The largest absolute Gasteiger partial charge is 0.490 e. The van der Waals surface area contributed by atoms with Crippen LogP contribution in [-0.4, -0.2) is 30.3 Å². The Morgan fingerprint density at radius 2 is 2.20 bits per heavy atom. The Labute approximate surface area is 120 Å². The maximum atomic E-state index is 12.0. The van der Waals surface area contributed by atoms with Crippen LogP contribution < -0.4 is 10.1 Å². The molecule has 110 valence electrons. The number of carbonyl (C=O) groups excluding carboxylic acids is 1. The van der Waals surface area contributed by atoms with E-state index in [0.29, 0.717) is 24.3 Å². The van der Waals surface area contributed by atoms with Gasteiger partial charge >= 0.3 is 0 Å². The SMILES string of the molecule is CC(C)=CCOc1cccc(C(=O)NC(C)CCO)c1. The van der Waals surface area contributed by atoms with Crippen molar-refractivity contribution in [2.75, 3.05) is 13.2 Å². The Bertz CT molecular complexity index is 465. The van der Waals surface area contributed by atoms with Gasteiger partial charge in [0.2, 0.25) is 0 Å².